The summed E-state index contributed by atoms with van der Waals surface area (Å²) in [7, 11) is 0. The number of esters is 1. The van der Waals surface area contributed by atoms with Gasteiger partial charge >= 0.3 is 5.97 Å². The molecule has 3 aliphatic rings. The molecule has 0 aromatic heterocycles. The van der Waals surface area contributed by atoms with Gasteiger partial charge in [-0.3, -0.25) is 9.59 Å². The maximum Gasteiger partial charge on any atom is 0.312 e. The Morgan fingerprint density at radius 3 is 2.54 bits per heavy atom. The molecule has 1 saturated heterocycles. The number of rotatable bonds is 5. The van der Waals surface area contributed by atoms with E-state index in [4.69, 9.17) is 16.3 Å². The second-order valence-corrected chi connectivity index (χ2v) is 8.89. The standard InChI is InChI=1S/C23H28ClNO3/c1-2-28-22(27)23(15-18-5-3-4-6-20(18)24)9-11-25(12-10-23)21(26)19-14-16-7-8-17(19)13-16/h3-8,16-17,19H,2,9-15H2,1H3/t16-,17+,19-/m1/s1. The number of nitrogens with zero attached hydrogens (tertiary/aromatic N) is 1. The van der Waals surface area contributed by atoms with E-state index in [1.807, 2.05) is 36.1 Å². The van der Waals surface area contributed by atoms with Crippen LogP contribution >= 0.6 is 11.6 Å². The van der Waals surface area contributed by atoms with Crippen LogP contribution in [0.4, 0.5) is 0 Å². The number of ether oxygens (including phenoxy) is 1. The van der Waals surface area contributed by atoms with Crippen molar-refractivity contribution >= 4 is 23.5 Å². The molecule has 1 aromatic carbocycles. The minimum Gasteiger partial charge on any atom is -0.466 e. The van der Waals surface area contributed by atoms with Crippen molar-refractivity contribution in [3.8, 4) is 0 Å². The van der Waals surface area contributed by atoms with Gasteiger partial charge in [-0.25, -0.2) is 0 Å². The molecular weight excluding hydrogens is 374 g/mol. The van der Waals surface area contributed by atoms with Gasteiger partial charge in [0.05, 0.1) is 12.0 Å². The molecule has 0 unspecified atom stereocenters. The van der Waals surface area contributed by atoms with Gasteiger partial charge in [0.15, 0.2) is 0 Å². The lowest BCUT2D eigenvalue weighted by Gasteiger charge is -2.41. The topological polar surface area (TPSA) is 46.6 Å². The minimum atomic E-state index is -0.605. The zero-order chi connectivity index (χ0) is 19.7. The van der Waals surface area contributed by atoms with Crippen molar-refractivity contribution in [2.24, 2.45) is 23.2 Å². The van der Waals surface area contributed by atoms with Crippen LogP contribution in [0.15, 0.2) is 36.4 Å². The second kappa shape index (κ2) is 7.90. The number of amides is 1. The number of likely N-dealkylation sites (tertiary alicyclic amines) is 1. The van der Waals surface area contributed by atoms with Crippen molar-refractivity contribution < 1.29 is 14.3 Å². The summed E-state index contributed by atoms with van der Waals surface area (Å²) in [5.74, 6) is 1.24. The van der Waals surface area contributed by atoms with Gasteiger partial charge in [-0.1, -0.05) is 42.0 Å². The predicted octanol–water partition coefficient (Wildman–Crippen LogP) is 4.27. The number of halogens is 1. The Labute approximate surface area is 171 Å². The van der Waals surface area contributed by atoms with Gasteiger partial charge in [-0.15, -0.1) is 0 Å². The van der Waals surface area contributed by atoms with E-state index in [0.717, 1.165) is 18.4 Å². The Morgan fingerprint density at radius 2 is 1.93 bits per heavy atom. The van der Waals surface area contributed by atoms with Crippen molar-refractivity contribution in [3.05, 3.63) is 47.0 Å². The third-order valence-electron chi connectivity index (χ3n) is 6.82. The highest BCUT2D eigenvalue weighted by atomic mass is 35.5. The minimum absolute atomic E-state index is 0.133. The molecule has 0 radical (unpaired) electrons. The fourth-order valence-electron chi connectivity index (χ4n) is 5.20. The first-order chi connectivity index (χ1) is 13.5. The van der Waals surface area contributed by atoms with E-state index in [2.05, 4.69) is 12.2 Å². The third-order valence-corrected chi connectivity index (χ3v) is 7.19. The fraction of sp³-hybridized carbons (Fsp3) is 0.565. The lowest BCUT2D eigenvalue weighted by atomic mass is 9.73. The molecule has 2 bridgehead atoms. The van der Waals surface area contributed by atoms with Crippen LogP contribution in [0, 0.1) is 23.2 Å². The van der Waals surface area contributed by atoms with Crippen molar-refractivity contribution in [2.45, 2.75) is 39.0 Å². The molecule has 4 rings (SSSR count). The van der Waals surface area contributed by atoms with E-state index in [-0.39, 0.29) is 17.8 Å². The second-order valence-electron chi connectivity index (χ2n) is 8.48. The van der Waals surface area contributed by atoms with E-state index in [0.29, 0.717) is 55.8 Å². The lowest BCUT2D eigenvalue weighted by Crippen LogP contribution is -2.50. The van der Waals surface area contributed by atoms with Crippen LogP contribution < -0.4 is 0 Å². The highest BCUT2D eigenvalue weighted by Crippen LogP contribution is 2.45. The number of hydrogen-bond donors (Lipinski definition) is 0. The number of benzene rings is 1. The van der Waals surface area contributed by atoms with Crippen molar-refractivity contribution in [1.29, 1.82) is 0 Å². The lowest BCUT2D eigenvalue weighted by molar-refractivity contribution is -0.161. The number of piperidine rings is 1. The van der Waals surface area contributed by atoms with Crippen LogP contribution in [-0.2, 0) is 20.7 Å². The zero-order valence-corrected chi connectivity index (χ0v) is 17.2. The summed E-state index contributed by atoms with van der Waals surface area (Å²) in [6, 6.07) is 7.68. The third kappa shape index (κ3) is 3.59. The molecule has 28 heavy (non-hydrogen) atoms. The van der Waals surface area contributed by atoms with Crippen LogP contribution in [-0.4, -0.2) is 36.5 Å². The average Bonchev–Trinajstić information content (AvgIpc) is 3.33. The van der Waals surface area contributed by atoms with E-state index < -0.39 is 5.41 Å². The Balaban J connectivity index is 1.47. The van der Waals surface area contributed by atoms with E-state index in [1.165, 1.54) is 0 Å². The van der Waals surface area contributed by atoms with Gasteiger partial charge in [-0.2, -0.15) is 0 Å². The average molecular weight is 402 g/mol. The number of hydrogen-bond acceptors (Lipinski definition) is 3. The van der Waals surface area contributed by atoms with Crippen LogP contribution in [0.3, 0.4) is 0 Å². The monoisotopic (exact) mass is 401 g/mol. The molecule has 1 amide bonds. The molecule has 4 nitrogen and oxygen atoms in total. The molecule has 3 atom stereocenters. The quantitative estimate of drug-likeness (QED) is 0.546. The molecule has 1 heterocycles. The predicted molar refractivity (Wildman–Crippen MR) is 109 cm³/mol. The number of allylic oxidation sites excluding steroid dienone is 2. The SMILES string of the molecule is CCOC(=O)C1(Cc2ccccc2Cl)CCN(C(=O)[C@@H]2C[C@@H]3C=C[C@H]2C3)CC1. The normalized spacial score (nSPS) is 27.8. The van der Waals surface area contributed by atoms with Crippen molar-refractivity contribution in [2.75, 3.05) is 19.7 Å². The first kappa shape index (κ1) is 19.5. The summed E-state index contributed by atoms with van der Waals surface area (Å²) in [6.45, 7) is 3.42. The maximum absolute atomic E-state index is 13.1. The summed E-state index contributed by atoms with van der Waals surface area (Å²) in [6.07, 6.45) is 8.41. The van der Waals surface area contributed by atoms with Gasteiger partial charge in [0, 0.05) is 24.0 Å². The summed E-state index contributed by atoms with van der Waals surface area (Å²) < 4.78 is 5.44. The number of fused-ring (bicyclic) bond motifs is 2. The van der Waals surface area contributed by atoms with Gasteiger partial charge in [0.2, 0.25) is 5.91 Å². The number of carbonyl (C=O) groups excluding carboxylic acids is 2. The first-order valence-electron chi connectivity index (χ1n) is 10.4. The molecule has 5 heteroatoms. The fourth-order valence-corrected chi connectivity index (χ4v) is 5.40. The zero-order valence-electron chi connectivity index (χ0n) is 16.4. The molecule has 1 aromatic rings. The van der Waals surface area contributed by atoms with Crippen molar-refractivity contribution in [3.63, 3.8) is 0 Å². The van der Waals surface area contributed by atoms with E-state index in [9.17, 15) is 9.59 Å². The number of carbonyl (C=O) groups is 2. The molecule has 1 saturated carbocycles. The van der Waals surface area contributed by atoms with Gasteiger partial charge < -0.3 is 9.64 Å². The summed E-state index contributed by atoms with van der Waals surface area (Å²) in [5, 5.41) is 0.679. The molecule has 2 aliphatic carbocycles. The maximum atomic E-state index is 13.1. The van der Waals surface area contributed by atoms with Gasteiger partial charge in [0.25, 0.3) is 0 Å². The first-order valence-corrected chi connectivity index (χ1v) is 10.8. The Hall–Kier alpha value is -1.81. The van der Waals surface area contributed by atoms with Gasteiger partial charge in [-0.05, 0) is 62.5 Å². The molecule has 0 spiro atoms. The largest absolute Gasteiger partial charge is 0.466 e. The van der Waals surface area contributed by atoms with E-state index >= 15 is 0 Å². The Morgan fingerprint density at radius 1 is 1.18 bits per heavy atom. The highest BCUT2D eigenvalue weighted by Gasteiger charge is 2.46. The van der Waals surface area contributed by atoms with E-state index in [1.54, 1.807) is 0 Å². The van der Waals surface area contributed by atoms with Crippen LogP contribution in [0.1, 0.15) is 38.2 Å². The van der Waals surface area contributed by atoms with Crippen LogP contribution in [0.25, 0.3) is 0 Å². The summed E-state index contributed by atoms with van der Waals surface area (Å²) in [4.78, 5) is 27.9. The molecule has 1 aliphatic heterocycles. The Bertz CT molecular complexity index is 782. The highest BCUT2D eigenvalue weighted by molar-refractivity contribution is 6.31. The van der Waals surface area contributed by atoms with Crippen LogP contribution in [0.5, 0.6) is 0 Å². The van der Waals surface area contributed by atoms with Crippen LogP contribution in [0.2, 0.25) is 5.02 Å². The van der Waals surface area contributed by atoms with Crippen molar-refractivity contribution in [1.82, 2.24) is 4.90 Å². The molecule has 2 fully saturated rings. The van der Waals surface area contributed by atoms with Gasteiger partial charge in [0.1, 0.15) is 0 Å². The molecular formula is C23H28ClNO3. The Kier molecular flexibility index (Phi) is 5.50. The molecule has 0 N–H and O–H groups in total. The smallest absolute Gasteiger partial charge is 0.312 e. The molecule has 150 valence electrons. The summed E-state index contributed by atoms with van der Waals surface area (Å²) >= 11 is 6.37. The summed E-state index contributed by atoms with van der Waals surface area (Å²) in [5.41, 5.74) is 0.363.